The molecule has 0 bridgehead atoms. The summed E-state index contributed by atoms with van der Waals surface area (Å²) in [6, 6.07) is 11.0. The Morgan fingerprint density at radius 1 is 0.867 bits per heavy atom. The first-order valence-electron chi connectivity index (χ1n) is 9.53. The Bertz CT molecular complexity index is 926. The molecule has 8 heteroatoms. The van der Waals surface area contributed by atoms with Crippen molar-refractivity contribution in [1.82, 2.24) is 10.2 Å². The summed E-state index contributed by atoms with van der Waals surface area (Å²) in [6.45, 7) is 5.52. The Morgan fingerprint density at radius 3 is 2.13 bits per heavy atom. The second-order valence-corrected chi connectivity index (χ2v) is 7.63. The van der Waals surface area contributed by atoms with Crippen LogP contribution in [0.3, 0.4) is 0 Å². The van der Waals surface area contributed by atoms with E-state index in [0.717, 1.165) is 22.4 Å². The summed E-state index contributed by atoms with van der Waals surface area (Å²) in [5.74, 6) is -0.920. The van der Waals surface area contributed by atoms with Gasteiger partial charge in [-0.15, -0.1) is 0 Å². The van der Waals surface area contributed by atoms with Crippen LogP contribution in [0.4, 0.5) is 11.4 Å². The van der Waals surface area contributed by atoms with E-state index in [1.807, 2.05) is 32.0 Å². The van der Waals surface area contributed by atoms with Crippen LogP contribution in [0.1, 0.15) is 16.7 Å². The third kappa shape index (κ3) is 6.86. The second kappa shape index (κ2) is 10.8. The topological polar surface area (TPSA) is 90.5 Å². The number of hydrogen-bond donors (Lipinski definition) is 3. The van der Waals surface area contributed by atoms with Crippen molar-refractivity contribution in [2.45, 2.75) is 20.8 Å². The molecule has 0 radical (unpaired) electrons. The van der Waals surface area contributed by atoms with E-state index in [-0.39, 0.29) is 37.4 Å². The molecule has 0 aliphatic carbocycles. The van der Waals surface area contributed by atoms with Crippen LogP contribution >= 0.6 is 11.6 Å². The van der Waals surface area contributed by atoms with Gasteiger partial charge in [0, 0.05) is 16.4 Å². The summed E-state index contributed by atoms with van der Waals surface area (Å²) in [4.78, 5) is 38.0. The lowest BCUT2D eigenvalue weighted by atomic mass is 10.1. The first kappa shape index (κ1) is 23.4. The molecule has 0 fully saturated rings. The van der Waals surface area contributed by atoms with Crippen molar-refractivity contribution in [3.05, 3.63) is 58.1 Å². The van der Waals surface area contributed by atoms with Crippen molar-refractivity contribution in [2.24, 2.45) is 0 Å². The number of anilines is 2. The number of amides is 3. The van der Waals surface area contributed by atoms with E-state index in [4.69, 9.17) is 11.6 Å². The van der Waals surface area contributed by atoms with Gasteiger partial charge in [-0.1, -0.05) is 35.9 Å². The molecule has 0 aliphatic rings. The maximum atomic E-state index is 12.3. The summed E-state index contributed by atoms with van der Waals surface area (Å²) < 4.78 is 0. The van der Waals surface area contributed by atoms with E-state index in [0.29, 0.717) is 10.7 Å². The van der Waals surface area contributed by atoms with Gasteiger partial charge in [0.2, 0.25) is 17.7 Å². The van der Waals surface area contributed by atoms with E-state index in [1.165, 1.54) is 0 Å². The van der Waals surface area contributed by atoms with Gasteiger partial charge in [0.05, 0.1) is 19.6 Å². The number of likely N-dealkylation sites (N-methyl/N-ethyl adjacent to an activating group) is 1. The van der Waals surface area contributed by atoms with Gasteiger partial charge in [-0.05, 0) is 56.6 Å². The highest BCUT2D eigenvalue weighted by Gasteiger charge is 2.14. The lowest BCUT2D eigenvalue weighted by Crippen LogP contribution is -2.41. The molecule has 3 amide bonds. The fraction of sp³-hybridized carbons (Fsp3) is 0.318. The molecule has 3 N–H and O–H groups in total. The number of nitrogens with zero attached hydrogens (tertiary/aromatic N) is 1. The number of rotatable bonds is 8. The van der Waals surface area contributed by atoms with Crippen LogP contribution in [-0.2, 0) is 14.4 Å². The van der Waals surface area contributed by atoms with E-state index in [9.17, 15) is 14.4 Å². The van der Waals surface area contributed by atoms with E-state index >= 15 is 0 Å². The third-order valence-electron chi connectivity index (χ3n) is 4.56. The quantitative estimate of drug-likeness (QED) is 0.600. The minimum atomic E-state index is -0.357. The minimum absolute atomic E-state index is 0.0103. The highest BCUT2D eigenvalue weighted by Crippen LogP contribution is 2.22. The summed E-state index contributed by atoms with van der Waals surface area (Å²) in [5.41, 5.74) is 4.10. The van der Waals surface area contributed by atoms with Crippen LogP contribution < -0.4 is 16.0 Å². The van der Waals surface area contributed by atoms with Crippen LogP contribution in [0.5, 0.6) is 0 Å². The number of aryl methyl sites for hydroxylation is 2. The molecule has 30 heavy (non-hydrogen) atoms. The molecule has 0 aliphatic heterocycles. The lowest BCUT2D eigenvalue weighted by molar-refractivity contribution is -0.125. The highest BCUT2D eigenvalue weighted by atomic mass is 35.5. The zero-order valence-electron chi connectivity index (χ0n) is 17.6. The molecule has 2 aromatic carbocycles. The zero-order valence-corrected chi connectivity index (χ0v) is 18.4. The third-order valence-corrected chi connectivity index (χ3v) is 4.97. The first-order chi connectivity index (χ1) is 14.2. The molecule has 0 atom stereocenters. The van der Waals surface area contributed by atoms with Gasteiger partial charge in [-0.25, -0.2) is 0 Å². The Hall–Kier alpha value is -2.90. The fourth-order valence-corrected chi connectivity index (χ4v) is 3.08. The summed E-state index contributed by atoms with van der Waals surface area (Å²) in [6.07, 6.45) is 0. The van der Waals surface area contributed by atoms with Crippen LogP contribution in [-0.4, -0.2) is 49.3 Å². The molecule has 0 saturated carbocycles. The van der Waals surface area contributed by atoms with E-state index in [1.54, 1.807) is 37.1 Å². The van der Waals surface area contributed by atoms with Crippen LogP contribution in [0, 0.1) is 20.8 Å². The van der Waals surface area contributed by atoms with Gasteiger partial charge in [0.1, 0.15) is 0 Å². The predicted octanol–water partition coefficient (Wildman–Crippen LogP) is 2.89. The predicted molar refractivity (Wildman–Crippen MR) is 120 cm³/mol. The van der Waals surface area contributed by atoms with Crippen LogP contribution in [0.25, 0.3) is 0 Å². The molecular formula is C22H27ClN4O3. The number of carbonyl (C=O) groups excluding carboxylic acids is 3. The average molecular weight is 431 g/mol. The monoisotopic (exact) mass is 430 g/mol. The fourth-order valence-electron chi connectivity index (χ4n) is 2.91. The van der Waals surface area contributed by atoms with Gasteiger partial charge in [-0.3, -0.25) is 19.3 Å². The lowest BCUT2D eigenvalue weighted by Gasteiger charge is -2.17. The van der Waals surface area contributed by atoms with Gasteiger partial charge in [-0.2, -0.15) is 0 Å². The normalized spacial score (nSPS) is 10.6. The Labute approximate surface area is 181 Å². The number of hydrogen-bond acceptors (Lipinski definition) is 4. The molecule has 7 nitrogen and oxygen atoms in total. The molecule has 0 unspecified atom stereocenters. The van der Waals surface area contributed by atoms with Gasteiger partial charge in [0.15, 0.2) is 0 Å². The summed E-state index contributed by atoms with van der Waals surface area (Å²) in [7, 11) is 1.67. The van der Waals surface area contributed by atoms with Crippen LogP contribution in [0.2, 0.25) is 5.02 Å². The number of carbonyl (C=O) groups is 3. The maximum Gasteiger partial charge on any atom is 0.243 e. The van der Waals surface area contributed by atoms with Crippen molar-refractivity contribution >= 4 is 40.7 Å². The highest BCUT2D eigenvalue weighted by molar-refractivity contribution is 6.31. The zero-order chi connectivity index (χ0) is 22.3. The number of para-hydroxylation sites is 1. The maximum absolute atomic E-state index is 12.3. The molecule has 0 heterocycles. The number of halogens is 1. The van der Waals surface area contributed by atoms with Crippen molar-refractivity contribution in [1.29, 1.82) is 0 Å². The molecular weight excluding hydrogens is 404 g/mol. The second-order valence-electron chi connectivity index (χ2n) is 7.22. The first-order valence-corrected chi connectivity index (χ1v) is 9.91. The Balaban J connectivity index is 1.76. The Morgan fingerprint density at radius 2 is 1.47 bits per heavy atom. The molecule has 160 valence electrons. The Kier molecular flexibility index (Phi) is 8.38. The van der Waals surface area contributed by atoms with Gasteiger partial charge in [0.25, 0.3) is 0 Å². The number of nitrogens with one attached hydrogen (secondary N) is 3. The van der Waals surface area contributed by atoms with Crippen LogP contribution in [0.15, 0.2) is 36.4 Å². The van der Waals surface area contributed by atoms with Crippen molar-refractivity contribution < 1.29 is 14.4 Å². The summed E-state index contributed by atoms with van der Waals surface area (Å²) in [5, 5.41) is 8.70. The SMILES string of the molecule is Cc1cccc(C)c1NC(=O)CN(C)CC(=O)NCC(=O)Nc1cccc(Cl)c1C. The van der Waals surface area contributed by atoms with Gasteiger partial charge >= 0.3 is 0 Å². The standard InChI is InChI=1S/C22H27ClN4O3/c1-14-7-5-8-15(2)22(14)26-21(30)13-27(4)12-20(29)24-11-19(28)25-18-10-6-9-17(23)16(18)3/h5-10H,11-13H2,1-4H3,(H,24,29)(H,25,28)(H,26,30). The van der Waals surface area contributed by atoms with Crippen molar-refractivity contribution in [3.63, 3.8) is 0 Å². The van der Waals surface area contributed by atoms with Crippen molar-refractivity contribution in [3.8, 4) is 0 Å². The average Bonchev–Trinajstić information content (AvgIpc) is 2.67. The largest absolute Gasteiger partial charge is 0.346 e. The van der Waals surface area contributed by atoms with Crippen molar-refractivity contribution in [2.75, 3.05) is 37.3 Å². The molecule has 0 spiro atoms. The molecule has 2 rings (SSSR count). The summed E-state index contributed by atoms with van der Waals surface area (Å²) >= 11 is 6.03. The smallest absolute Gasteiger partial charge is 0.243 e. The molecule has 0 aromatic heterocycles. The van der Waals surface area contributed by atoms with Gasteiger partial charge < -0.3 is 16.0 Å². The van der Waals surface area contributed by atoms with E-state index in [2.05, 4.69) is 16.0 Å². The minimum Gasteiger partial charge on any atom is -0.346 e. The molecule has 2 aromatic rings. The van der Waals surface area contributed by atoms with E-state index < -0.39 is 0 Å². The number of benzene rings is 2. The molecule has 0 saturated heterocycles.